The Bertz CT molecular complexity index is 353. The van der Waals surface area contributed by atoms with Crippen molar-refractivity contribution in [2.24, 2.45) is 5.73 Å². The molecule has 4 nitrogen and oxygen atoms in total. The third-order valence-corrected chi connectivity index (χ3v) is 3.84. The lowest BCUT2D eigenvalue weighted by atomic mass is 9.96. The first-order chi connectivity index (χ1) is 8.85. The molecule has 3 N–H and O–H groups in total. The van der Waals surface area contributed by atoms with Crippen LogP contribution >= 0.6 is 0 Å². The van der Waals surface area contributed by atoms with Crippen molar-refractivity contribution in [1.82, 2.24) is 10.2 Å². The van der Waals surface area contributed by atoms with Crippen LogP contribution in [0.3, 0.4) is 0 Å². The summed E-state index contributed by atoms with van der Waals surface area (Å²) in [5.74, 6) is -1.15. The number of amides is 1. The summed E-state index contributed by atoms with van der Waals surface area (Å²) in [4.78, 5) is 13.9. The third-order valence-electron chi connectivity index (χ3n) is 3.84. The zero-order valence-electron chi connectivity index (χ0n) is 12.5. The molecule has 20 heavy (non-hydrogen) atoms. The summed E-state index contributed by atoms with van der Waals surface area (Å²) in [6.07, 6.45) is -3.48. The Morgan fingerprint density at radius 1 is 1.15 bits per heavy atom. The van der Waals surface area contributed by atoms with Gasteiger partial charge in [0.25, 0.3) is 0 Å². The molecular formula is C13H24F3N3O. The lowest BCUT2D eigenvalue weighted by Crippen LogP contribution is -2.63. The highest BCUT2D eigenvalue weighted by Gasteiger charge is 2.54. The number of piperidine rings is 1. The fourth-order valence-corrected chi connectivity index (χ4v) is 2.16. The fourth-order valence-electron chi connectivity index (χ4n) is 2.16. The molecule has 1 saturated heterocycles. The molecule has 118 valence electrons. The van der Waals surface area contributed by atoms with Crippen LogP contribution in [-0.2, 0) is 4.79 Å². The minimum Gasteiger partial charge on any atom is -0.351 e. The minimum absolute atomic E-state index is 0.0311. The normalized spacial score (nSPS) is 22.4. The molecule has 0 radical (unpaired) electrons. The van der Waals surface area contributed by atoms with Crippen LogP contribution in [0.15, 0.2) is 0 Å². The molecule has 0 spiro atoms. The first kappa shape index (κ1) is 17.2. The van der Waals surface area contributed by atoms with Crippen LogP contribution in [0, 0.1) is 0 Å². The summed E-state index contributed by atoms with van der Waals surface area (Å²) < 4.78 is 38.0. The van der Waals surface area contributed by atoms with Gasteiger partial charge < -0.3 is 11.1 Å². The van der Waals surface area contributed by atoms with Crippen LogP contribution in [0.1, 0.15) is 40.5 Å². The molecule has 0 aliphatic carbocycles. The van der Waals surface area contributed by atoms with E-state index in [1.54, 1.807) is 0 Å². The average Bonchev–Trinajstić information content (AvgIpc) is 2.26. The van der Waals surface area contributed by atoms with Crippen molar-refractivity contribution in [1.29, 1.82) is 0 Å². The van der Waals surface area contributed by atoms with E-state index in [2.05, 4.69) is 31.0 Å². The van der Waals surface area contributed by atoms with Crippen LogP contribution in [0.2, 0.25) is 0 Å². The van der Waals surface area contributed by atoms with Gasteiger partial charge in [-0.05, 0) is 40.5 Å². The number of rotatable bonds is 2. The van der Waals surface area contributed by atoms with Crippen LogP contribution in [0.5, 0.6) is 0 Å². The summed E-state index contributed by atoms with van der Waals surface area (Å²) in [5, 5.41) is 2.43. The molecule has 0 aromatic heterocycles. The van der Waals surface area contributed by atoms with Crippen LogP contribution in [0.4, 0.5) is 13.2 Å². The Hall–Kier alpha value is -0.820. The standard InChI is InChI=1S/C13H24F3N3O/c1-11(2,3)19-7-5-9(6-8-19)18-10(20)12(4,17)13(14,15)16/h9H,5-8,17H2,1-4H3,(H,18,20). The van der Waals surface area contributed by atoms with Crippen molar-refractivity contribution in [2.45, 2.75) is 63.8 Å². The molecule has 1 rings (SSSR count). The zero-order valence-corrected chi connectivity index (χ0v) is 12.5. The monoisotopic (exact) mass is 295 g/mol. The van der Waals surface area contributed by atoms with Crippen molar-refractivity contribution in [2.75, 3.05) is 13.1 Å². The SMILES string of the molecule is CC(C)(C)N1CCC(NC(=O)C(C)(N)C(F)(F)F)CC1. The highest BCUT2D eigenvalue weighted by molar-refractivity contribution is 5.86. The van der Waals surface area contributed by atoms with E-state index in [0.29, 0.717) is 19.8 Å². The minimum atomic E-state index is -4.75. The number of alkyl halides is 3. The fraction of sp³-hybridized carbons (Fsp3) is 0.923. The first-order valence-electron chi connectivity index (χ1n) is 6.77. The first-order valence-corrected chi connectivity index (χ1v) is 6.77. The Kier molecular flexibility index (Phi) is 4.76. The van der Waals surface area contributed by atoms with Crippen molar-refractivity contribution in [3.63, 3.8) is 0 Å². The molecule has 1 heterocycles. The highest BCUT2D eigenvalue weighted by atomic mass is 19.4. The van der Waals surface area contributed by atoms with Gasteiger partial charge in [-0.15, -0.1) is 0 Å². The van der Waals surface area contributed by atoms with E-state index < -0.39 is 17.6 Å². The highest BCUT2D eigenvalue weighted by Crippen LogP contribution is 2.28. The molecule has 0 aromatic carbocycles. The Labute approximate surface area is 117 Å². The van der Waals surface area contributed by atoms with Gasteiger partial charge in [0.15, 0.2) is 5.54 Å². The lowest BCUT2D eigenvalue weighted by Gasteiger charge is -2.41. The van der Waals surface area contributed by atoms with Gasteiger partial charge in [0.1, 0.15) is 0 Å². The van der Waals surface area contributed by atoms with Gasteiger partial charge >= 0.3 is 6.18 Å². The maximum Gasteiger partial charge on any atom is 0.415 e. The molecule has 1 aliphatic heterocycles. The Balaban J connectivity index is 2.55. The quantitative estimate of drug-likeness (QED) is 0.814. The van der Waals surface area contributed by atoms with E-state index in [1.165, 1.54) is 0 Å². The van der Waals surface area contributed by atoms with E-state index in [-0.39, 0.29) is 11.6 Å². The molecule has 1 unspecified atom stereocenters. The lowest BCUT2D eigenvalue weighted by molar-refractivity contribution is -0.187. The Morgan fingerprint density at radius 2 is 1.60 bits per heavy atom. The number of carbonyl (C=O) groups excluding carboxylic acids is 1. The van der Waals surface area contributed by atoms with E-state index >= 15 is 0 Å². The maximum atomic E-state index is 12.7. The number of nitrogens with two attached hydrogens (primary N) is 1. The smallest absolute Gasteiger partial charge is 0.351 e. The van der Waals surface area contributed by atoms with Crippen molar-refractivity contribution < 1.29 is 18.0 Å². The summed E-state index contributed by atoms with van der Waals surface area (Å²) in [5.41, 5.74) is 2.30. The van der Waals surface area contributed by atoms with E-state index in [1.807, 2.05) is 0 Å². The predicted molar refractivity (Wildman–Crippen MR) is 71.1 cm³/mol. The second-order valence-electron chi connectivity index (χ2n) is 6.61. The third kappa shape index (κ3) is 3.85. The van der Waals surface area contributed by atoms with E-state index in [4.69, 9.17) is 5.73 Å². The second kappa shape index (κ2) is 5.52. The summed E-state index contributed by atoms with van der Waals surface area (Å²) in [6, 6.07) is -0.244. The van der Waals surface area contributed by atoms with Crippen molar-refractivity contribution >= 4 is 5.91 Å². The van der Waals surface area contributed by atoms with Gasteiger partial charge in [0.05, 0.1) is 0 Å². The molecular weight excluding hydrogens is 271 g/mol. The Morgan fingerprint density at radius 3 is 1.95 bits per heavy atom. The predicted octanol–water partition coefficient (Wildman–Crippen LogP) is 1.65. The summed E-state index contributed by atoms with van der Waals surface area (Å²) in [6.45, 7) is 8.47. The van der Waals surface area contributed by atoms with E-state index in [0.717, 1.165) is 13.1 Å². The molecule has 7 heteroatoms. The number of hydrogen-bond donors (Lipinski definition) is 2. The molecule has 0 bridgehead atoms. The molecule has 1 fully saturated rings. The summed E-state index contributed by atoms with van der Waals surface area (Å²) in [7, 11) is 0. The number of likely N-dealkylation sites (tertiary alicyclic amines) is 1. The number of halogens is 3. The molecule has 0 aromatic rings. The second-order valence-corrected chi connectivity index (χ2v) is 6.61. The zero-order chi connectivity index (χ0) is 15.8. The van der Waals surface area contributed by atoms with Gasteiger partial charge in [-0.25, -0.2) is 0 Å². The van der Waals surface area contributed by atoms with Crippen molar-refractivity contribution in [3.8, 4) is 0 Å². The number of hydrogen-bond acceptors (Lipinski definition) is 3. The topological polar surface area (TPSA) is 58.4 Å². The summed E-state index contributed by atoms with van der Waals surface area (Å²) >= 11 is 0. The van der Waals surface area contributed by atoms with Gasteiger partial charge in [0, 0.05) is 24.7 Å². The largest absolute Gasteiger partial charge is 0.415 e. The molecule has 1 amide bonds. The van der Waals surface area contributed by atoms with Crippen molar-refractivity contribution in [3.05, 3.63) is 0 Å². The number of carbonyl (C=O) groups is 1. The van der Waals surface area contributed by atoms with Gasteiger partial charge in [-0.2, -0.15) is 13.2 Å². The van der Waals surface area contributed by atoms with Gasteiger partial charge in [-0.1, -0.05) is 0 Å². The van der Waals surface area contributed by atoms with Crippen LogP contribution in [0.25, 0.3) is 0 Å². The average molecular weight is 295 g/mol. The number of nitrogens with one attached hydrogen (secondary N) is 1. The number of nitrogens with zero attached hydrogens (tertiary/aromatic N) is 1. The maximum absolute atomic E-state index is 12.7. The van der Waals surface area contributed by atoms with Gasteiger partial charge in [-0.3, -0.25) is 9.69 Å². The van der Waals surface area contributed by atoms with Crippen LogP contribution in [-0.4, -0.2) is 47.2 Å². The molecule has 0 saturated carbocycles. The molecule has 1 atom stereocenters. The van der Waals surface area contributed by atoms with E-state index in [9.17, 15) is 18.0 Å². The van der Waals surface area contributed by atoms with Gasteiger partial charge in [0.2, 0.25) is 5.91 Å². The van der Waals surface area contributed by atoms with Crippen LogP contribution < -0.4 is 11.1 Å². The molecule has 1 aliphatic rings.